The fourth-order valence-corrected chi connectivity index (χ4v) is 4.55. The van der Waals surface area contributed by atoms with Gasteiger partial charge in [0.15, 0.2) is 0 Å². The van der Waals surface area contributed by atoms with E-state index in [1.165, 1.54) is 11.1 Å². The molecule has 32 heavy (non-hydrogen) atoms. The second kappa shape index (κ2) is 8.93. The van der Waals surface area contributed by atoms with Gasteiger partial charge in [-0.3, -0.25) is 14.8 Å². The molecule has 1 aliphatic carbocycles. The van der Waals surface area contributed by atoms with E-state index in [1.807, 2.05) is 26.2 Å². The molecule has 0 atom stereocenters. The lowest BCUT2D eigenvalue weighted by molar-refractivity contribution is -0.118. The highest BCUT2D eigenvalue weighted by Gasteiger charge is 2.28. The standard InChI is InChI=1S/C26H32N4O2/c1-6-17-12-21(16(3)28-23(17)9-8-19(31)7-2)24-29-25(32-30-24)22-15-27-14-18-13-26(4,5)11-10-20(18)22/h12,14-15H,6-11,13H2,1-5H3. The minimum absolute atomic E-state index is 0.265. The van der Waals surface area contributed by atoms with Gasteiger partial charge < -0.3 is 4.52 Å². The zero-order valence-electron chi connectivity index (χ0n) is 19.8. The van der Waals surface area contributed by atoms with Crippen molar-refractivity contribution in [2.24, 2.45) is 5.41 Å². The van der Waals surface area contributed by atoms with Crippen molar-refractivity contribution in [1.82, 2.24) is 20.1 Å². The molecule has 0 unspecified atom stereocenters. The third-order valence-corrected chi connectivity index (χ3v) is 6.56. The second-order valence-electron chi connectivity index (χ2n) is 9.56. The molecule has 6 nitrogen and oxygen atoms in total. The van der Waals surface area contributed by atoms with Gasteiger partial charge in [-0.1, -0.05) is 32.9 Å². The molecule has 0 N–H and O–H groups in total. The summed E-state index contributed by atoms with van der Waals surface area (Å²) in [6.45, 7) is 10.6. The Morgan fingerprint density at radius 1 is 1.16 bits per heavy atom. The van der Waals surface area contributed by atoms with Gasteiger partial charge in [-0.15, -0.1) is 0 Å². The van der Waals surface area contributed by atoms with E-state index in [0.29, 0.717) is 31.0 Å². The number of rotatable bonds is 7. The van der Waals surface area contributed by atoms with E-state index >= 15 is 0 Å². The van der Waals surface area contributed by atoms with Crippen molar-refractivity contribution in [3.8, 4) is 22.8 Å². The maximum atomic E-state index is 11.8. The smallest absolute Gasteiger partial charge is 0.260 e. The lowest BCUT2D eigenvalue weighted by atomic mass is 9.74. The molecular weight excluding hydrogens is 400 g/mol. The van der Waals surface area contributed by atoms with Gasteiger partial charge in [0.25, 0.3) is 5.89 Å². The summed E-state index contributed by atoms with van der Waals surface area (Å²) in [7, 11) is 0. The molecule has 0 aliphatic heterocycles. The van der Waals surface area contributed by atoms with Crippen LogP contribution >= 0.6 is 0 Å². The van der Waals surface area contributed by atoms with E-state index in [4.69, 9.17) is 14.5 Å². The van der Waals surface area contributed by atoms with Gasteiger partial charge in [0.2, 0.25) is 5.82 Å². The minimum atomic E-state index is 0.265. The highest BCUT2D eigenvalue weighted by Crippen LogP contribution is 2.38. The summed E-state index contributed by atoms with van der Waals surface area (Å²) >= 11 is 0. The van der Waals surface area contributed by atoms with E-state index in [2.05, 4.69) is 37.0 Å². The van der Waals surface area contributed by atoms with Gasteiger partial charge in [0.05, 0.1) is 5.56 Å². The molecule has 0 amide bonds. The molecule has 0 saturated heterocycles. The first-order valence-corrected chi connectivity index (χ1v) is 11.6. The highest BCUT2D eigenvalue weighted by molar-refractivity contribution is 5.78. The van der Waals surface area contributed by atoms with Crippen molar-refractivity contribution in [3.63, 3.8) is 0 Å². The monoisotopic (exact) mass is 432 g/mol. The molecule has 0 fully saturated rings. The Balaban J connectivity index is 1.66. The molecule has 3 aromatic heterocycles. The first kappa shape index (κ1) is 22.3. The SMILES string of the molecule is CCC(=O)CCc1nc(C)c(-c2noc(-c3cncc4c3CCC(C)(C)C4)n2)cc1CC. The quantitative estimate of drug-likeness (QED) is 0.491. The zero-order chi connectivity index (χ0) is 22.9. The zero-order valence-corrected chi connectivity index (χ0v) is 19.8. The number of pyridine rings is 2. The van der Waals surface area contributed by atoms with Crippen molar-refractivity contribution in [2.75, 3.05) is 0 Å². The van der Waals surface area contributed by atoms with Crippen LogP contribution in [0.25, 0.3) is 22.8 Å². The van der Waals surface area contributed by atoms with Crippen LogP contribution in [-0.2, 0) is 30.5 Å². The molecule has 6 heteroatoms. The van der Waals surface area contributed by atoms with Gasteiger partial charge in [0.1, 0.15) is 5.78 Å². The molecule has 168 valence electrons. The molecule has 3 aromatic rings. The number of nitrogens with zero attached hydrogens (tertiary/aromatic N) is 4. The van der Waals surface area contributed by atoms with E-state index in [9.17, 15) is 4.79 Å². The summed E-state index contributed by atoms with van der Waals surface area (Å²) in [5, 5.41) is 4.29. The number of carbonyl (C=O) groups excluding carboxylic acids is 1. The number of fused-ring (bicyclic) bond motifs is 1. The molecular formula is C26H32N4O2. The molecule has 0 spiro atoms. The Bertz CT molecular complexity index is 1150. The average Bonchev–Trinajstić information content (AvgIpc) is 3.26. The van der Waals surface area contributed by atoms with Gasteiger partial charge in [-0.25, -0.2) is 0 Å². The van der Waals surface area contributed by atoms with Crippen LogP contribution < -0.4 is 0 Å². The van der Waals surface area contributed by atoms with Crippen LogP contribution in [0.2, 0.25) is 0 Å². The third kappa shape index (κ3) is 4.50. The van der Waals surface area contributed by atoms with Crippen molar-refractivity contribution in [3.05, 3.63) is 46.5 Å². The molecule has 3 heterocycles. The van der Waals surface area contributed by atoms with E-state index in [0.717, 1.165) is 53.8 Å². The van der Waals surface area contributed by atoms with Crippen LogP contribution in [0.1, 0.15) is 75.0 Å². The predicted octanol–water partition coefficient (Wildman–Crippen LogP) is 5.49. The molecule has 0 saturated carbocycles. The topological polar surface area (TPSA) is 81.8 Å². The second-order valence-corrected chi connectivity index (χ2v) is 9.56. The number of aryl methyl sites for hydroxylation is 3. The predicted molar refractivity (Wildman–Crippen MR) is 124 cm³/mol. The van der Waals surface area contributed by atoms with Crippen LogP contribution in [0.3, 0.4) is 0 Å². The first-order valence-electron chi connectivity index (χ1n) is 11.6. The first-order chi connectivity index (χ1) is 15.3. The van der Waals surface area contributed by atoms with Gasteiger partial charge >= 0.3 is 0 Å². The third-order valence-electron chi connectivity index (χ3n) is 6.56. The van der Waals surface area contributed by atoms with Crippen LogP contribution in [0, 0.1) is 12.3 Å². The number of aromatic nitrogens is 4. The van der Waals surface area contributed by atoms with E-state index < -0.39 is 0 Å². The number of carbonyl (C=O) groups is 1. The van der Waals surface area contributed by atoms with Gasteiger partial charge in [-0.2, -0.15) is 4.98 Å². The Hall–Kier alpha value is -2.89. The highest BCUT2D eigenvalue weighted by atomic mass is 16.5. The summed E-state index contributed by atoms with van der Waals surface area (Å²) < 4.78 is 5.70. The van der Waals surface area contributed by atoms with Crippen molar-refractivity contribution >= 4 is 5.78 Å². The average molecular weight is 433 g/mol. The molecule has 0 bridgehead atoms. The van der Waals surface area contributed by atoms with E-state index in [1.54, 1.807) is 0 Å². The minimum Gasteiger partial charge on any atom is -0.334 e. The maximum Gasteiger partial charge on any atom is 0.260 e. The van der Waals surface area contributed by atoms with Crippen LogP contribution in [0.4, 0.5) is 0 Å². The largest absolute Gasteiger partial charge is 0.334 e. The Morgan fingerprint density at radius 3 is 2.72 bits per heavy atom. The van der Waals surface area contributed by atoms with Crippen molar-refractivity contribution in [2.45, 2.75) is 79.6 Å². The fourth-order valence-electron chi connectivity index (χ4n) is 4.55. The normalized spacial score (nSPS) is 14.9. The Kier molecular flexibility index (Phi) is 6.22. The van der Waals surface area contributed by atoms with Gasteiger partial charge in [0, 0.05) is 42.2 Å². The lowest BCUT2D eigenvalue weighted by Crippen LogP contribution is -2.22. The summed E-state index contributed by atoms with van der Waals surface area (Å²) in [5.74, 6) is 1.32. The van der Waals surface area contributed by atoms with E-state index in [-0.39, 0.29) is 11.2 Å². The maximum absolute atomic E-state index is 11.8. The number of Topliss-reactive ketones (excluding diaryl/α,β-unsaturated/α-hetero) is 1. The summed E-state index contributed by atoms with van der Waals surface area (Å²) in [6.07, 6.45) is 9.55. The van der Waals surface area contributed by atoms with Crippen LogP contribution in [0.15, 0.2) is 23.0 Å². The van der Waals surface area contributed by atoms with Crippen LogP contribution in [-0.4, -0.2) is 25.9 Å². The van der Waals surface area contributed by atoms with Gasteiger partial charge in [-0.05, 0) is 67.2 Å². The number of hydrogen-bond donors (Lipinski definition) is 0. The Labute approximate surface area is 189 Å². The van der Waals surface area contributed by atoms with Crippen molar-refractivity contribution in [1.29, 1.82) is 0 Å². The molecule has 0 aromatic carbocycles. The summed E-state index contributed by atoms with van der Waals surface area (Å²) in [6, 6.07) is 2.10. The molecule has 4 rings (SSSR count). The summed E-state index contributed by atoms with van der Waals surface area (Å²) in [4.78, 5) is 25.8. The Morgan fingerprint density at radius 2 is 1.97 bits per heavy atom. The number of hydrogen-bond acceptors (Lipinski definition) is 6. The van der Waals surface area contributed by atoms with Crippen LogP contribution in [0.5, 0.6) is 0 Å². The van der Waals surface area contributed by atoms with Crippen molar-refractivity contribution < 1.29 is 9.32 Å². The fraction of sp³-hybridized carbons (Fsp3) is 0.500. The number of ketones is 1. The lowest BCUT2D eigenvalue weighted by Gasteiger charge is -2.31. The summed E-state index contributed by atoms with van der Waals surface area (Å²) in [5.41, 5.74) is 7.61. The molecule has 1 aliphatic rings. The molecule has 0 radical (unpaired) electrons.